The Hall–Kier alpha value is -3.77. The summed E-state index contributed by atoms with van der Waals surface area (Å²) in [5, 5.41) is 3.56. The molecule has 0 bridgehead atoms. The Bertz CT molecular complexity index is 1240. The molecule has 0 unspecified atom stereocenters. The standard InChI is InChI=1S/C25H21ClN2O4/c1-15-9-10-17(26)13-20(15)28-24(29)22(16-7-5-4-6-8-16)23(25(28)30)27-19-12-11-18(31-2)14-21(19)32-3/h4-14,27H,1-3H3. The van der Waals surface area contributed by atoms with Gasteiger partial charge in [0.15, 0.2) is 0 Å². The number of rotatable bonds is 6. The molecular formula is C25H21ClN2O4. The molecule has 0 spiro atoms. The summed E-state index contributed by atoms with van der Waals surface area (Å²) < 4.78 is 10.7. The SMILES string of the molecule is COc1ccc(NC2=C(c3ccccc3)C(=O)N(c3cc(Cl)ccc3C)C2=O)c(OC)c1. The van der Waals surface area contributed by atoms with Gasteiger partial charge in [-0.05, 0) is 42.3 Å². The fourth-order valence-electron chi connectivity index (χ4n) is 3.60. The minimum absolute atomic E-state index is 0.157. The number of amides is 2. The number of nitrogens with one attached hydrogen (secondary N) is 1. The van der Waals surface area contributed by atoms with E-state index >= 15 is 0 Å². The first-order valence-electron chi connectivity index (χ1n) is 9.88. The third-order valence-electron chi connectivity index (χ3n) is 5.23. The average Bonchev–Trinajstić information content (AvgIpc) is 3.05. The van der Waals surface area contributed by atoms with Gasteiger partial charge in [0, 0.05) is 11.1 Å². The molecule has 0 atom stereocenters. The molecule has 0 aromatic heterocycles. The zero-order valence-electron chi connectivity index (χ0n) is 17.8. The van der Waals surface area contributed by atoms with E-state index in [0.29, 0.717) is 33.5 Å². The van der Waals surface area contributed by atoms with Crippen molar-refractivity contribution in [2.75, 3.05) is 24.4 Å². The van der Waals surface area contributed by atoms with E-state index in [1.54, 1.807) is 55.6 Å². The van der Waals surface area contributed by atoms with Crippen LogP contribution in [0.3, 0.4) is 0 Å². The highest BCUT2D eigenvalue weighted by atomic mass is 35.5. The van der Waals surface area contributed by atoms with E-state index in [2.05, 4.69) is 5.32 Å². The van der Waals surface area contributed by atoms with Gasteiger partial charge >= 0.3 is 0 Å². The van der Waals surface area contributed by atoms with E-state index in [-0.39, 0.29) is 11.3 Å². The maximum atomic E-state index is 13.6. The molecule has 0 saturated heterocycles. The Balaban J connectivity index is 1.85. The van der Waals surface area contributed by atoms with Gasteiger partial charge in [0.25, 0.3) is 11.8 Å². The van der Waals surface area contributed by atoms with E-state index in [4.69, 9.17) is 21.1 Å². The van der Waals surface area contributed by atoms with Crippen LogP contribution in [-0.4, -0.2) is 26.0 Å². The lowest BCUT2D eigenvalue weighted by Crippen LogP contribution is -2.33. The molecule has 0 fully saturated rings. The van der Waals surface area contributed by atoms with Gasteiger partial charge < -0.3 is 14.8 Å². The molecular weight excluding hydrogens is 428 g/mol. The van der Waals surface area contributed by atoms with E-state index in [1.807, 2.05) is 25.1 Å². The van der Waals surface area contributed by atoms with Crippen LogP contribution in [0.15, 0.2) is 72.4 Å². The molecule has 4 rings (SSSR count). The van der Waals surface area contributed by atoms with E-state index < -0.39 is 11.8 Å². The average molecular weight is 449 g/mol. The molecule has 7 heteroatoms. The lowest BCUT2D eigenvalue weighted by atomic mass is 10.0. The van der Waals surface area contributed by atoms with Crippen molar-refractivity contribution in [1.82, 2.24) is 0 Å². The monoisotopic (exact) mass is 448 g/mol. The third kappa shape index (κ3) is 3.81. The molecule has 32 heavy (non-hydrogen) atoms. The first-order valence-corrected chi connectivity index (χ1v) is 10.3. The second-order valence-corrected chi connectivity index (χ2v) is 7.62. The molecule has 0 saturated carbocycles. The number of hydrogen-bond acceptors (Lipinski definition) is 5. The Labute approximate surface area is 191 Å². The van der Waals surface area contributed by atoms with Crippen molar-refractivity contribution in [1.29, 1.82) is 0 Å². The minimum atomic E-state index is -0.475. The van der Waals surface area contributed by atoms with Gasteiger partial charge in [0.1, 0.15) is 17.2 Å². The first kappa shape index (κ1) is 21.5. The second kappa shape index (κ2) is 8.77. The predicted molar refractivity (Wildman–Crippen MR) is 125 cm³/mol. The van der Waals surface area contributed by atoms with Gasteiger partial charge in [0.05, 0.1) is 31.2 Å². The summed E-state index contributed by atoms with van der Waals surface area (Å²) in [7, 11) is 3.08. The summed E-state index contributed by atoms with van der Waals surface area (Å²) >= 11 is 6.17. The van der Waals surface area contributed by atoms with Crippen LogP contribution in [0.5, 0.6) is 11.5 Å². The van der Waals surface area contributed by atoms with Crippen molar-refractivity contribution in [2.45, 2.75) is 6.92 Å². The smallest absolute Gasteiger partial charge is 0.282 e. The van der Waals surface area contributed by atoms with Gasteiger partial charge in [-0.25, -0.2) is 4.90 Å². The molecule has 162 valence electrons. The van der Waals surface area contributed by atoms with Crippen LogP contribution in [0.4, 0.5) is 11.4 Å². The summed E-state index contributed by atoms with van der Waals surface area (Å²) in [5.41, 5.74) is 2.79. The highest BCUT2D eigenvalue weighted by molar-refractivity contribution is 6.46. The molecule has 0 radical (unpaired) electrons. The lowest BCUT2D eigenvalue weighted by molar-refractivity contribution is -0.120. The topological polar surface area (TPSA) is 67.9 Å². The summed E-state index contributed by atoms with van der Waals surface area (Å²) in [5.74, 6) is 0.176. The number of carbonyl (C=O) groups excluding carboxylic acids is 2. The predicted octanol–water partition coefficient (Wildman–Crippen LogP) is 5.06. The molecule has 1 aliphatic heterocycles. The molecule has 2 amide bonds. The minimum Gasteiger partial charge on any atom is -0.497 e. The van der Waals surface area contributed by atoms with Crippen molar-refractivity contribution in [3.05, 3.63) is 88.6 Å². The first-order chi connectivity index (χ1) is 15.4. The number of carbonyl (C=O) groups is 2. The third-order valence-corrected chi connectivity index (χ3v) is 5.46. The van der Waals surface area contributed by atoms with Gasteiger partial charge in [-0.3, -0.25) is 9.59 Å². The van der Waals surface area contributed by atoms with Crippen molar-refractivity contribution >= 4 is 40.4 Å². The molecule has 1 heterocycles. The molecule has 6 nitrogen and oxygen atoms in total. The van der Waals surface area contributed by atoms with Crippen LogP contribution in [0.25, 0.3) is 5.57 Å². The molecule has 3 aromatic rings. The zero-order valence-corrected chi connectivity index (χ0v) is 18.6. The largest absolute Gasteiger partial charge is 0.497 e. The van der Waals surface area contributed by atoms with E-state index in [9.17, 15) is 9.59 Å². The van der Waals surface area contributed by atoms with Gasteiger partial charge in [-0.2, -0.15) is 0 Å². The van der Waals surface area contributed by atoms with Crippen molar-refractivity contribution < 1.29 is 19.1 Å². The van der Waals surface area contributed by atoms with Gasteiger partial charge in [-0.15, -0.1) is 0 Å². The highest BCUT2D eigenvalue weighted by Gasteiger charge is 2.41. The van der Waals surface area contributed by atoms with Crippen LogP contribution >= 0.6 is 11.6 Å². The fraction of sp³-hybridized carbons (Fsp3) is 0.120. The van der Waals surface area contributed by atoms with Crippen LogP contribution in [-0.2, 0) is 9.59 Å². The summed E-state index contributed by atoms with van der Waals surface area (Å²) in [4.78, 5) is 28.3. The molecule has 3 aromatic carbocycles. The summed E-state index contributed by atoms with van der Waals surface area (Å²) in [6, 6.07) is 19.4. The highest BCUT2D eigenvalue weighted by Crippen LogP contribution is 2.38. The Morgan fingerprint density at radius 3 is 2.31 bits per heavy atom. The number of methoxy groups -OCH3 is 2. The number of anilines is 2. The number of aryl methyl sites for hydroxylation is 1. The maximum absolute atomic E-state index is 13.6. The van der Waals surface area contributed by atoms with Crippen LogP contribution in [0.2, 0.25) is 5.02 Å². The number of ether oxygens (including phenoxy) is 2. The summed E-state index contributed by atoms with van der Waals surface area (Å²) in [6.45, 7) is 1.83. The fourth-order valence-corrected chi connectivity index (χ4v) is 3.76. The second-order valence-electron chi connectivity index (χ2n) is 7.18. The Kier molecular flexibility index (Phi) is 5.88. The van der Waals surface area contributed by atoms with Crippen molar-refractivity contribution in [3.8, 4) is 11.5 Å². The Morgan fingerprint density at radius 1 is 0.875 bits per heavy atom. The van der Waals surface area contributed by atoms with Crippen LogP contribution in [0, 0.1) is 6.92 Å². The zero-order chi connectivity index (χ0) is 22.8. The van der Waals surface area contributed by atoms with Crippen molar-refractivity contribution in [3.63, 3.8) is 0 Å². The maximum Gasteiger partial charge on any atom is 0.282 e. The van der Waals surface area contributed by atoms with E-state index in [1.165, 1.54) is 7.11 Å². The summed E-state index contributed by atoms with van der Waals surface area (Å²) in [6.07, 6.45) is 0. The lowest BCUT2D eigenvalue weighted by Gasteiger charge is -2.18. The number of nitrogens with zero attached hydrogens (tertiary/aromatic N) is 1. The van der Waals surface area contributed by atoms with Crippen molar-refractivity contribution in [2.24, 2.45) is 0 Å². The van der Waals surface area contributed by atoms with Gasteiger partial charge in [-0.1, -0.05) is 48.0 Å². The van der Waals surface area contributed by atoms with Gasteiger partial charge in [0.2, 0.25) is 0 Å². The van der Waals surface area contributed by atoms with Crippen LogP contribution < -0.4 is 19.7 Å². The van der Waals surface area contributed by atoms with Crippen LogP contribution in [0.1, 0.15) is 11.1 Å². The molecule has 1 N–H and O–H groups in total. The Morgan fingerprint density at radius 2 is 1.62 bits per heavy atom. The number of imide groups is 1. The number of benzene rings is 3. The molecule has 1 aliphatic rings. The molecule has 0 aliphatic carbocycles. The normalized spacial score (nSPS) is 13.6. The quantitative estimate of drug-likeness (QED) is 0.534. The van der Waals surface area contributed by atoms with E-state index in [0.717, 1.165) is 10.5 Å². The number of hydrogen-bond donors (Lipinski definition) is 1. The number of halogens is 1.